The van der Waals surface area contributed by atoms with Crippen LogP contribution in [0.15, 0.2) is 64.8 Å². The molecule has 2 aromatic heterocycles. The van der Waals surface area contributed by atoms with E-state index < -0.39 is 6.10 Å². The fourth-order valence-electron chi connectivity index (χ4n) is 3.18. The number of amides is 1. The Hall–Kier alpha value is -3.65. The number of carbonyl (C=O) groups excluding carboxylic acids is 1. The van der Waals surface area contributed by atoms with E-state index in [1.54, 1.807) is 29.5 Å². The molecule has 0 bridgehead atoms. The van der Waals surface area contributed by atoms with Crippen LogP contribution in [0, 0.1) is 13.8 Å². The average molecular weight is 450 g/mol. The largest absolute Gasteiger partial charge is 0.485 e. The van der Waals surface area contributed by atoms with Gasteiger partial charge in [0.15, 0.2) is 11.1 Å². The van der Waals surface area contributed by atoms with E-state index in [4.69, 9.17) is 9.47 Å². The van der Waals surface area contributed by atoms with E-state index in [0.29, 0.717) is 27.8 Å². The summed E-state index contributed by atoms with van der Waals surface area (Å²) < 4.78 is 13.2. The van der Waals surface area contributed by atoms with Crippen LogP contribution in [-0.2, 0) is 11.4 Å². The Morgan fingerprint density at radius 3 is 2.72 bits per heavy atom. The van der Waals surface area contributed by atoms with Crippen molar-refractivity contribution in [3.8, 4) is 11.5 Å². The number of fused-ring (bicyclic) bond motifs is 1. The summed E-state index contributed by atoms with van der Waals surface area (Å²) in [5.41, 5.74) is 2.73. The van der Waals surface area contributed by atoms with Gasteiger partial charge in [-0.25, -0.2) is 4.98 Å². The summed E-state index contributed by atoms with van der Waals surface area (Å²) in [5.74, 6) is 0.809. The summed E-state index contributed by atoms with van der Waals surface area (Å²) in [6.45, 7) is 5.59. The van der Waals surface area contributed by atoms with Crippen LogP contribution in [0.5, 0.6) is 11.5 Å². The zero-order chi connectivity index (χ0) is 22.7. The van der Waals surface area contributed by atoms with Crippen LogP contribution in [0.4, 0.5) is 5.69 Å². The standard InChI is InChI=1S/C24H23N3O4S/c1-15-9-10-21(30-13-18-12-22(28)27-16(2)14-32-24(27)25-18)20(11-15)26-23(29)17(3)31-19-7-5-4-6-8-19/h4-12,14,17H,13H2,1-3H3,(H,26,29). The van der Waals surface area contributed by atoms with Crippen LogP contribution >= 0.6 is 11.3 Å². The van der Waals surface area contributed by atoms with Gasteiger partial charge in [0.05, 0.1) is 11.4 Å². The average Bonchev–Trinajstić information content (AvgIpc) is 3.15. The molecule has 0 spiro atoms. The number of rotatable bonds is 7. The third-order valence-corrected chi connectivity index (χ3v) is 5.77. The number of aryl methyl sites for hydroxylation is 2. The molecule has 7 nitrogen and oxygen atoms in total. The molecule has 1 atom stereocenters. The second-order valence-electron chi connectivity index (χ2n) is 7.43. The van der Waals surface area contributed by atoms with E-state index in [1.807, 2.05) is 49.6 Å². The predicted octanol–water partition coefficient (Wildman–Crippen LogP) is 4.36. The molecule has 4 rings (SSSR count). The van der Waals surface area contributed by atoms with E-state index in [-0.39, 0.29) is 18.1 Å². The minimum Gasteiger partial charge on any atom is -0.485 e. The summed E-state index contributed by atoms with van der Waals surface area (Å²) in [6.07, 6.45) is -0.697. The smallest absolute Gasteiger partial charge is 0.265 e. The first kappa shape index (κ1) is 21.6. The Balaban J connectivity index is 1.48. The Kier molecular flexibility index (Phi) is 6.23. The number of para-hydroxylation sites is 1. The number of aromatic nitrogens is 2. The highest BCUT2D eigenvalue weighted by atomic mass is 32.1. The van der Waals surface area contributed by atoms with Gasteiger partial charge in [-0.1, -0.05) is 24.3 Å². The van der Waals surface area contributed by atoms with Crippen LogP contribution in [0.3, 0.4) is 0 Å². The third kappa shape index (κ3) is 4.81. The molecule has 0 saturated carbocycles. The first-order valence-electron chi connectivity index (χ1n) is 10.1. The topological polar surface area (TPSA) is 81.9 Å². The van der Waals surface area contributed by atoms with Crippen LogP contribution in [0.2, 0.25) is 0 Å². The fraction of sp³-hybridized carbons (Fsp3) is 0.208. The highest BCUT2D eigenvalue weighted by Crippen LogP contribution is 2.27. The van der Waals surface area contributed by atoms with Crippen molar-refractivity contribution in [3.05, 3.63) is 87.3 Å². The van der Waals surface area contributed by atoms with E-state index in [0.717, 1.165) is 11.3 Å². The normalized spacial score (nSPS) is 11.8. The van der Waals surface area contributed by atoms with Gasteiger partial charge in [0.1, 0.15) is 18.1 Å². The molecule has 0 aliphatic heterocycles. The molecule has 1 N–H and O–H groups in total. The highest BCUT2D eigenvalue weighted by Gasteiger charge is 2.17. The van der Waals surface area contributed by atoms with Crippen LogP contribution < -0.4 is 20.3 Å². The molecule has 8 heteroatoms. The lowest BCUT2D eigenvalue weighted by Crippen LogP contribution is -2.30. The van der Waals surface area contributed by atoms with Crippen molar-refractivity contribution in [2.45, 2.75) is 33.5 Å². The quantitative estimate of drug-likeness (QED) is 0.453. The lowest BCUT2D eigenvalue weighted by atomic mass is 10.2. The minimum atomic E-state index is -0.697. The van der Waals surface area contributed by atoms with Crippen molar-refractivity contribution in [1.29, 1.82) is 0 Å². The maximum atomic E-state index is 12.7. The number of nitrogens with one attached hydrogen (secondary N) is 1. The van der Waals surface area contributed by atoms with Gasteiger partial charge in [0, 0.05) is 17.1 Å². The van der Waals surface area contributed by atoms with E-state index in [2.05, 4.69) is 10.3 Å². The number of ether oxygens (including phenoxy) is 2. The molecule has 0 radical (unpaired) electrons. The molecule has 32 heavy (non-hydrogen) atoms. The van der Waals surface area contributed by atoms with E-state index >= 15 is 0 Å². The van der Waals surface area contributed by atoms with Gasteiger partial charge in [0.25, 0.3) is 11.5 Å². The molecule has 0 saturated heterocycles. The first-order chi connectivity index (χ1) is 15.4. The summed E-state index contributed by atoms with van der Waals surface area (Å²) in [7, 11) is 0. The molecule has 2 aromatic carbocycles. The number of thiazole rings is 1. The zero-order valence-electron chi connectivity index (χ0n) is 18.0. The Morgan fingerprint density at radius 1 is 1.16 bits per heavy atom. The van der Waals surface area contributed by atoms with Crippen molar-refractivity contribution in [3.63, 3.8) is 0 Å². The second-order valence-corrected chi connectivity index (χ2v) is 8.27. The summed E-state index contributed by atoms with van der Waals surface area (Å²) in [6, 6.07) is 16.2. The lowest BCUT2D eigenvalue weighted by molar-refractivity contribution is -0.122. The first-order valence-corrected chi connectivity index (χ1v) is 11.0. The van der Waals surface area contributed by atoms with Gasteiger partial charge in [-0.2, -0.15) is 0 Å². The van der Waals surface area contributed by atoms with Crippen molar-refractivity contribution in [2.75, 3.05) is 5.32 Å². The lowest BCUT2D eigenvalue weighted by Gasteiger charge is -2.17. The molecular weight excluding hydrogens is 426 g/mol. The van der Waals surface area contributed by atoms with Gasteiger partial charge in [-0.05, 0) is 50.6 Å². The summed E-state index contributed by atoms with van der Waals surface area (Å²) >= 11 is 1.41. The van der Waals surface area contributed by atoms with Crippen molar-refractivity contribution < 1.29 is 14.3 Å². The summed E-state index contributed by atoms with van der Waals surface area (Å²) in [5, 5.41) is 4.77. The Morgan fingerprint density at radius 2 is 1.94 bits per heavy atom. The van der Waals surface area contributed by atoms with Gasteiger partial charge in [-0.15, -0.1) is 11.3 Å². The van der Waals surface area contributed by atoms with Crippen LogP contribution in [0.1, 0.15) is 23.9 Å². The monoisotopic (exact) mass is 449 g/mol. The number of nitrogens with zero attached hydrogens (tertiary/aromatic N) is 2. The van der Waals surface area contributed by atoms with Crippen LogP contribution in [-0.4, -0.2) is 21.4 Å². The zero-order valence-corrected chi connectivity index (χ0v) is 18.8. The molecule has 1 amide bonds. The van der Waals surface area contributed by atoms with Crippen molar-refractivity contribution in [1.82, 2.24) is 9.38 Å². The van der Waals surface area contributed by atoms with Crippen LogP contribution in [0.25, 0.3) is 4.96 Å². The molecule has 0 aliphatic rings. The highest BCUT2D eigenvalue weighted by molar-refractivity contribution is 7.15. The van der Waals surface area contributed by atoms with Crippen molar-refractivity contribution in [2.24, 2.45) is 0 Å². The summed E-state index contributed by atoms with van der Waals surface area (Å²) in [4.78, 5) is 30.2. The Labute approximate surface area is 189 Å². The molecule has 164 valence electrons. The van der Waals surface area contributed by atoms with Gasteiger partial charge < -0.3 is 14.8 Å². The number of hydrogen-bond acceptors (Lipinski definition) is 6. The SMILES string of the molecule is Cc1ccc(OCc2cc(=O)n3c(C)csc3n2)c(NC(=O)C(C)Oc2ccccc2)c1. The second kappa shape index (κ2) is 9.23. The van der Waals surface area contributed by atoms with Gasteiger partial charge in [0.2, 0.25) is 0 Å². The maximum Gasteiger partial charge on any atom is 0.265 e. The minimum absolute atomic E-state index is 0.102. The number of anilines is 1. The third-order valence-electron chi connectivity index (χ3n) is 4.82. The number of hydrogen-bond donors (Lipinski definition) is 1. The fourth-order valence-corrected chi connectivity index (χ4v) is 4.08. The molecular formula is C24H23N3O4S. The molecule has 0 aliphatic carbocycles. The Bertz CT molecular complexity index is 1310. The predicted molar refractivity (Wildman–Crippen MR) is 125 cm³/mol. The number of carbonyl (C=O) groups is 1. The van der Waals surface area contributed by atoms with Crippen molar-refractivity contribution >= 4 is 27.9 Å². The molecule has 2 heterocycles. The molecule has 4 aromatic rings. The van der Waals surface area contributed by atoms with Gasteiger partial charge >= 0.3 is 0 Å². The van der Waals surface area contributed by atoms with E-state index in [1.165, 1.54) is 17.4 Å². The molecule has 0 fully saturated rings. The maximum absolute atomic E-state index is 12.7. The molecule has 1 unspecified atom stereocenters. The number of benzene rings is 2. The van der Waals surface area contributed by atoms with Gasteiger partial charge in [-0.3, -0.25) is 14.0 Å². The van der Waals surface area contributed by atoms with E-state index in [9.17, 15) is 9.59 Å².